The number of carbonyl (C=O) groups is 1. The third kappa shape index (κ3) is 5.51. The smallest absolute Gasteiger partial charge is 0.323 e. The van der Waals surface area contributed by atoms with Gasteiger partial charge in [-0.15, -0.1) is 0 Å². The van der Waals surface area contributed by atoms with Crippen molar-refractivity contribution in [2.45, 2.75) is 58.0 Å². The number of urea groups is 1. The van der Waals surface area contributed by atoms with Crippen molar-refractivity contribution in [2.24, 2.45) is 0 Å². The summed E-state index contributed by atoms with van der Waals surface area (Å²) in [6.45, 7) is 2.19. The van der Waals surface area contributed by atoms with E-state index in [4.69, 9.17) is 4.74 Å². The number of aryl methyl sites for hydroxylation is 1. The highest BCUT2D eigenvalue weighted by Crippen LogP contribution is 2.25. The highest BCUT2D eigenvalue weighted by Gasteiger charge is 2.16. The third-order valence-corrected chi connectivity index (χ3v) is 4.73. The van der Waals surface area contributed by atoms with Crippen LogP contribution in [0.5, 0.6) is 5.75 Å². The van der Waals surface area contributed by atoms with Crippen LogP contribution in [0.25, 0.3) is 0 Å². The van der Waals surface area contributed by atoms with Crippen LogP contribution < -0.4 is 15.4 Å². The van der Waals surface area contributed by atoms with Crippen molar-refractivity contribution in [3.05, 3.63) is 54.1 Å². The topological polar surface area (TPSA) is 50.4 Å². The van der Waals surface area contributed by atoms with E-state index in [1.165, 1.54) is 31.2 Å². The van der Waals surface area contributed by atoms with Crippen LogP contribution in [0.1, 0.15) is 51.0 Å². The number of unbranched alkanes of at least 4 members (excludes halogenated alkanes) is 1. The monoisotopic (exact) mass is 352 g/mol. The van der Waals surface area contributed by atoms with Gasteiger partial charge >= 0.3 is 6.03 Å². The lowest BCUT2D eigenvalue weighted by molar-refractivity contribution is 0.210. The first-order valence-electron chi connectivity index (χ1n) is 9.66. The van der Waals surface area contributed by atoms with E-state index in [2.05, 4.69) is 29.7 Å². The lowest BCUT2D eigenvalue weighted by Crippen LogP contribution is -2.19. The summed E-state index contributed by atoms with van der Waals surface area (Å²) in [5, 5.41) is 5.75. The molecule has 1 aliphatic rings. The normalized spacial score (nSPS) is 14.2. The SMILES string of the molecule is CCCCc1ccc(NC(=O)Nc2cccc(OC3CCCC3)c2)cc1. The standard InChI is InChI=1S/C22H28N2O2/c1-2-3-7-17-12-14-18(15-13-17)23-22(25)24-19-8-6-11-21(16-19)26-20-9-4-5-10-20/h6,8,11-16,20H,2-5,7,9-10H2,1H3,(H2,23,24,25). The highest BCUT2D eigenvalue weighted by atomic mass is 16.5. The van der Waals surface area contributed by atoms with E-state index in [9.17, 15) is 4.79 Å². The second-order valence-electron chi connectivity index (χ2n) is 6.93. The molecule has 0 bridgehead atoms. The highest BCUT2D eigenvalue weighted by molar-refractivity contribution is 5.99. The first-order chi connectivity index (χ1) is 12.7. The molecule has 0 saturated heterocycles. The van der Waals surface area contributed by atoms with Gasteiger partial charge in [-0.25, -0.2) is 4.79 Å². The first-order valence-corrected chi connectivity index (χ1v) is 9.66. The van der Waals surface area contributed by atoms with Crippen LogP contribution in [0.2, 0.25) is 0 Å². The van der Waals surface area contributed by atoms with Gasteiger partial charge in [0.25, 0.3) is 0 Å². The molecule has 4 nitrogen and oxygen atoms in total. The Balaban J connectivity index is 1.52. The minimum absolute atomic E-state index is 0.246. The van der Waals surface area contributed by atoms with E-state index in [0.717, 1.165) is 36.4 Å². The summed E-state index contributed by atoms with van der Waals surface area (Å²) in [5.41, 5.74) is 2.83. The van der Waals surface area contributed by atoms with Crippen LogP contribution in [-0.4, -0.2) is 12.1 Å². The fraction of sp³-hybridized carbons (Fsp3) is 0.409. The molecule has 0 heterocycles. The first kappa shape index (κ1) is 18.3. The summed E-state index contributed by atoms with van der Waals surface area (Å²) in [5.74, 6) is 0.815. The summed E-state index contributed by atoms with van der Waals surface area (Å²) in [7, 11) is 0. The van der Waals surface area contributed by atoms with Crippen LogP contribution in [0.3, 0.4) is 0 Å². The maximum absolute atomic E-state index is 12.2. The van der Waals surface area contributed by atoms with Gasteiger partial charge in [-0.05, 0) is 68.4 Å². The van der Waals surface area contributed by atoms with E-state index < -0.39 is 0 Å². The lowest BCUT2D eigenvalue weighted by atomic mass is 10.1. The molecule has 0 spiro atoms. The zero-order valence-electron chi connectivity index (χ0n) is 15.5. The molecule has 1 aliphatic carbocycles. The molecule has 138 valence electrons. The van der Waals surface area contributed by atoms with Crippen molar-refractivity contribution in [2.75, 3.05) is 10.6 Å². The summed E-state index contributed by atoms with van der Waals surface area (Å²) in [6.07, 6.45) is 8.48. The van der Waals surface area contributed by atoms with Gasteiger partial charge in [-0.1, -0.05) is 31.5 Å². The number of benzene rings is 2. The molecule has 0 radical (unpaired) electrons. The molecule has 0 unspecified atom stereocenters. The number of nitrogens with one attached hydrogen (secondary N) is 2. The number of hydrogen-bond acceptors (Lipinski definition) is 2. The Labute approximate surface area is 156 Å². The van der Waals surface area contributed by atoms with E-state index in [-0.39, 0.29) is 6.03 Å². The Morgan fingerprint density at radius 1 is 1.04 bits per heavy atom. The van der Waals surface area contributed by atoms with Gasteiger partial charge in [0.2, 0.25) is 0 Å². The number of anilines is 2. The Bertz CT molecular complexity index is 706. The van der Waals surface area contributed by atoms with Crippen LogP contribution in [0.15, 0.2) is 48.5 Å². The Morgan fingerprint density at radius 3 is 2.50 bits per heavy atom. The quantitative estimate of drug-likeness (QED) is 0.642. The fourth-order valence-corrected chi connectivity index (χ4v) is 3.27. The Morgan fingerprint density at radius 2 is 1.77 bits per heavy atom. The molecule has 2 aromatic carbocycles. The third-order valence-electron chi connectivity index (χ3n) is 4.73. The van der Waals surface area contributed by atoms with E-state index in [1.807, 2.05) is 36.4 Å². The molecule has 0 atom stereocenters. The van der Waals surface area contributed by atoms with Gasteiger partial charge in [0.05, 0.1) is 6.10 Å². The summed E-state index contributed by atoms with van der Waals surface area (Å²) >= 11 is 0. The average molecular weight is 352 g/mol. The maximum Gasteiger partial charge on any atom is 0.323 e. The molecule has 26 heavy (non-hydrogen) atoms. The molecule has 1 saturated carbocycles. The van der Waals surface area contributed by atoms with Crippen molar-refractivity contribution < 1.29 is 9.53 Å². The van der Waals surface area contributed by atoms with Gasteiger partial charge in [0.1, 0.15) is 5.75 Å². The van der Waals surface area contributed by atoms with Crippen LogP contribution in [0, 0.1) is 0 Å². The molecule has 0 aliphatic heterocycles. The van der Waals surface area contributed by atoms with E-state index in [1.54, 1.807) is 0 Å². The maximum atomic E-state index is 12.2. The second kappa shape index (κ2) is 9.27. The van der Waals surface area contributed by atoms with E-state index in [0.29, 0.717) is 6.10 Å². The second-order valence-corrected chi connectivity index (χ2v) is 6.93. The Hall–Kier alpha value is -2.49. The molecule has 2 aromatic rings. The van der Waals surface area contributed by atoms with Crippen molar-refractivity contribution in [3.63, 3.8) is 0 Å². The zero-order valence-corrected chi connectivity index (χ0v) is 15.5. The van der Waals surface area contributed by atoms with E-state index >= 15 is 0 Å². The predicted octanol–water partition coefficient (Wildman–Crippen LogP) is 5.99. The molecule has 0 aromatic heterocycles. The fourth-order valence-electron chi connectivity index (χ4n) is 3.27. The number of amides is 2. The lowest BCUT2D eigenvalue weighted by Gasteiger charge is -2.14. The zero-order chi connectivity index (χ0) is 18.2. The van der Waals surface area contributed by atoms with Gasteiger partial charge in [-0.3, -0.25) is 0 Å². The summed E-state index contributed by atoms with van der Waals surface area (Å²) in [4.78, 5) is 12.2. The van der Waals surface area contributed by atoms with Gasteiger partial charge < -0.3 is 15.4 Å². The molecule has 2 N–H and O–H groups in total. The minimum Gasteiger partial charge on any atom is -0.490 e. The molecule has 3 rings (SSSR count). The molecule has 2 amide bonds. The van der Waals surface area contributed by atoms with Crippen molar-refractivity contribution in [1.29, 1.82) is 0 Å². The van der Waals surface area contributed by atoms with Gasteiger partial charge in [0.15, 0.2) is 0 Å². The van der Waals surface area contributed by atoms with Crippen molar-refractivity contribution >= 4 is 17.4 Å². The number of hydrogen-bond donors (Lipinski definition) is 2. The van der Waals surface area contributed by atoms with Crippen molar-refractivity contribution in [1.82, 2.24) is 0 Å². The van der Waals surface area contributed by atoms with Crippen molar-refractivity contribution in [3.8, 4) is 5.75 Å². The Kier molecular flexibility index (Phi) is 6.53. The summed E-state index contributed by atoms with van der Waals surface area (Å²) in [6, 6.07) is 15.4. The summed E-state index contributed by atoms with van der Waals surface area (Å²) < 4.78 is 5.99. The van der Waals surface area contributed by atoms with Crippen LogP contribution in [-0.2, 0) is 6.42 Å². The largest absolute Gasteiger partial charge is 0.490 e. The predicted molar refractivity (Wildman–Crippen MR) is 107 cm³/mol. The molecule has 4 heteroatoms. The molecular weight excluding hydrogens is 324 g/mol. The van der Waals surface area contributed by atoms with Crippen LogP contribution in [0.4, 0.5) is 16.2 Å². The number of rotatable bonds is 7. The number of carbonyl (C=O) groups excluding carboxylic acids is 1. The molecular formula is C22H28N2O2. The van der Waals surface area contributed by atoms with Crippen LogP contribution >= 0.6 is 0 Å². The number of ether oxygens (including phenoxy) is 1. The molecule has 1 fully saturated rings. The van der Waals surface area contributed by atoms with Gasteiger partial charge in [0, 0.05) is 17.4 Å². The average Bonchev–Trinajstić information content (AvgIpc) is 3.14. The minimum atomic E-state index is -0.246. The van der Waals surface area contributed by atoms with Gasteiger partial charge in [-0.2, -0.15) is 0 Å².